The molecule has 0 saturated carbocycles. The fourth-order valence-corrected chi connectivity index (χ4v) is 2.82. The van der Waals surface area contributed by atoms with Crippen LogP contribution in [0.1, 0.15) is 42.3 Å². The highest BCUT2D eigenvalue weighted by Gasteiger charge is 2.23. The molecule has 26 heavy (non-hydrogen) atoms. The zero-order valence-electron chi connectivity index (χ0n) is 15.0. The predicted molar refractivity (Wildman–Crippen MR) is 99.6 cm³/mol. The predicted octanol–water partition coefficient (Wildman–Crippen LogP) is 2.36. The Hall–Kier alpha value is -2.12. The number of nitrogens with zero attached hydrogens (tertiary/aromatic N) is 2. The van der Waals surface area contributed by atoms with Crippen LogP contribution in [0.5, 0.6) is 5.75 Å². The van der Waals surface area contributed by atoms with Crippen LogP contribution in [0.2, 0.25) is 0 Å². The first kappa shape index (κ1) is 20.2. The van der Waals surface area contributed by atoms with Crippen molar-refractivity contribution in [3.05, 3.63) is 41.5 Å². The Kier molecular flexibility index (Phi) is 7.41. The fourth-order valence-electron chi connectivity index (χ4n) is 2.82. The minimum atomic E-state index is -0.0453. The van der Waals surface area contributed by atoms with Gasteiger partial charge in [-0.1, -0.05) is 19.0 Å². The van der Waals surface area contributed by atoms with Gasteiger partial charge < -0.3 is 19.9 Å². The van der Waals surface area contributed by atoms with Gasteiger partial charge in [0.15, 0.2) is 6.61 Å². The molecule has 1 saturated heterocycles. The quantitative estimate of drug-likeness (QED) is 0.799. The van der Waals surface area contributed by atoms with E-state index >= 15 is 0 Å². The van der Waals surface area contributed by atoms with Gasteiger partial charge in [-0.05, 0) is 49.7 Å². The number of halogens is 1. The maximum Gasteiger partial charge on any atom is 0.251 e. The van der Waals surface area contributed by atoms with Crippen molar-refractivity contribution in [2.45, 2.75) is 39.3 Å². The topological polar surface area (TPSA) is 89.3 Å². The third kappa shape index (κ3) is 5.19. The first-order valence-electron chi connectivity index (χ1n) is 8.71. The third-order valence-electron chi connectivity index (χ3n) is 4.40. The van der Waals surface area contributed by atoms with Crippen molar-refractivity contribution in [3.63, 3.8) is 0 Å². The Morgan fingerprint density at radius 2 is 2.15 bits per heavy atom. The van der Waals surface area contributed by atoms with Crippen LogP contribution in [0.4, 0.5) is 0 Å². The number of amides is 1. The van der Waals surface area contributed by atoms with E-state index in [2.05, 4.69) is 27.7 Å². The molecule has 1 aliphatic rings. The standard InChI is InChI=1S/C18H24N4O3.ClH/c1-3-17-21-16(22-25-17)11-24-14-6-4-13(5-7-14)18(23)20-15-8-9-19-10-12(15)2;/h4-7,12,15,19H,3,8-11H2,1-2H3,(H,20,23);1H. The molecule has 0 aliphatic carbocycles. The van der Waals surface area contributed by atoms with E-state index in [0.717, 1.165) is 19.5 Å². The molecule has 2 heterocycles. The first-order chi connectivity index (χ1) is 12.2. The molecule has 8 heteroatoms. The van der Waals surface area contributed by atoms with Crippen LogP contribution in [-0.2, 0) is 13.0 Å². The summed E-state index contributed by atoms with van der Waals surface area (Å²) < 4.78 is 10.7. The van der Waals surface area contributed by atoms with Crippen LogP contribution < -0.4 is 15.4 Å². The molecule has 1 aromatic carbocycles. The molecule has 0 spiro atoms. The summed E-state index contributed by atoms with van der Waals surface area (Å²) in [4.78, 5) is 16.6. The summed E-state index contributed by atoms with van der Waals surface area (Å²) in [5.74, 6) is 2.16. The molecule has 2 N–H and O–H groups in total. The maximum absolute atomic E-state index is 12.4. The smallest absolute Gasteiger partial charge is 0.251 e. The second-order valence-corrected chi connectivity index (χ2v) is 6.32. The van der Waals surface area contributed by atoms with Gasteiger partial charge in [0.25, 0.3) is 5.91 Å². The lowest BCUT2D eigenvalue weighted by Gasteiger charge is -2.30. The number of nitrogens with one attached hydrogen (secondary N) is 2. The van der Waals surface area contributed by atoms with Crippen LogP contribution in [0.25, 0.3) is 0 Å². The normalized spacial score (nSPS) is 19.5. The number of carbonyl (C=O) groups excluding carboxylic acids is 1. The van der Waals surface area contributed by atoms with E-state index in [-0.39, 0.29) is 31.0 Å². The maximum atomic E-state index is 12.4. The van der Waals surface area contributed by atoms with Crippen molar-refractivity contribution in [3.8, 4) is 5.75 Å². The van der Waals surface area contributed by atoms with E-state index < -0.39 is 0 Å². The summed E-state index contributed by atoms with van der Waals surface area (Å²) in [7, 11) is 0. The number of ether oxygens (including phenoxy) is 1. The highest BCUT2D eigenvalue weighted by molar-refractivity contribution is 5.94. The van der Waals surface area contributed by atoms with E-state index in [4.69, 9.17) is 9.26 Å². The second-order valence-electron chi connectivity index (χ2n) is 6.32. The van der Waals surface area contributed by atoms with Crippen molar-refractivity contribution in [1.82, 2.24) is 20.8 Å². The van der Waals surface area contributed by atoms with Crippen LogP contribution in [0, 0.1) is 5.92 Å². The molecule has 3 rings (SSSR count). The van der Waals surface area contributed by atoms with Gasteiger partial charge in [-0.25, -0.2) is 0 Å². The largest absolute Gasteiger partial charge is 0.485 e. The number of rotatable bonds is 6. The van der Waals surface area contributed by atoms with Crippen LogP contribution in [-0.4, -0.2) is 35.2 Å². The summed E-state index contributed by atoms with van der Waals surface area (Å²) in [5, 5.41) is 10.3. The van der Waals surface area contributed by atoms with Gasteiger partial charge in [0.1, 0.15) is 5.75 Å². The van der Waals surface area contributed by atoms with Crippen molar-refractivity contribution in [2.75, 3.05) is 13.1 Å². The summed E-state index contributed by atoms with van der Waals surface area (Å²) in [5.41, 5.74) is 0.630. The van der Waals surface area contributed by atoms with Crippen molar-refractivity contribution < 1.29 is 14.1 Å². The van der Waals surface area contributed by atoms with Gasteiger partial charge in [-0.2, -0.15) is 4.98 Å². The Balaban J connectivity index is 0.00000243. The molecular weight excluding hydrogens is 356 g/mol. The SMILES string of the molecule is CCc1nc(COc2ccc(C(=O)NC3CCNCC3C)cc2)no1.Cl. The molecule has 2 aromatic rings. The molecular formula is C18H25ClN4O3. The number of piperidine rings is 1. The Bertz CT molecular complexity index is 705. The number of hydrogen-bond acceptors (Lipinski definition) is 6. The van der Waals surface area contributed by atoms with Gasteiger partial charge in [0.2, 0.25) is 11.7 Å². The molecule has 1 aromatic heterocycles. The minimum absolute atomic E-state index is 0. The first-order valence-corrected chi connectivity index (χ1v) is 8.71. The summed E-state index contributed by atoms with van der Waals surface area (Å²) in [6, 6.07) is 7.31. The molecule has 7 nitrogen and oxygen atoms in total. The van der Waals surface area contributed by atoms with E-state index in [0.29, 0.717) is 35.4 Å². The number of aryl methyl sites for hydroxylation is 1. The van der Waals surface area contributed by atoms with Gasteiger partial charge in [0, 0.05) is 18.0 Å². The van der Waals surface area contributed by atoms with E-state index in [1.807, 2.05) is 6.92 Å². The zero-order valence-corrected chi connectivity index (χ0v) is 15.8. The molecule has 0 bridgehead atoms. The lowest BCUT2D eigenvalue weighted by Crippen LogP contribution is -2.48. The second kappa shape index (κ2) is 9.54. The van der Waals surface area contributed by atoms with Crippen molar-refractivity contribution in [1.29, 1.82) is 0 Å². The Morgan fingerprint density at radius 3 is 2.81 bits per heavy atom. The molecule has 1 amide bonds. The molecule has 2 unspecified atom stereocenters. The summed E-state index contributed by atoms with van der Waals surface area (Å²) in [6.07, 6.45) is 1.66. The molecule has 1 fully saturated rings. The van der Waals surface area contributed by atoms with E-state index in [1.54, 1.807) is 24.3 Å². The minimum Gasteiger partial charge on any atom is -0.485 e. The molecule has 1 aliphatic heterocycles. The van der Waals surface area contributed by atoms with Crippen LogP contribution in [0.15, 0.2) is 28.8 Å². The molecule has 142 valence electrons. The van der Waals surface area contributed by atoms with E-state index in [1.165, 1.54) is 0 Å². The van der Waals surface area contributed by atoms with Crippen LogP contribution >= 0.6 is 12.4 Å². The summed E-state index contributed by atoms with van der Waals surface area (Å²) >= 11 is 0. The van der Waals surface area contributed by atoms with Gasteiger partial charge in [-0.3, -0.25) is 4.79 Å². The number of hydrogen-bond donors (Lipinski definition) is 2. The molecule has 2 atom stereocenters. The fraction of sp³-hybridized carbons (Fsp3) is 0.500. The Labute approximate surface area is 159 Å². The van der Waals surface area contributed by atoms with Crippen molar-refractivity contribution in [2.24, 2.45) is 5.92 Å². The van der Waals surface area contributed by atoms with Gasteiger partial charge in [-0.15, -0.1) is 12.4 Å². The molecule has 0 radical (unpaired) electrons. The average molecular weight is 381 g/mol. The average Bonchev–Trinajstić information content (AvgIpc) is 3.10. The third-order valence-corrected chi connectivity index (χ3v) is 4.40. The number of benzene rings is 1. The van der Waals surface area contributed by atoms with Gasteiger partial charge in [0.05, 0.1) is 0 Å². The lowest BCUT2D eigenvalue weighted by molar-refractivity contribution is 0.0914. The lowest BCUT2D eigenvalue weighted by atomic mass is 9.95. The van der Waals surface area contributed by atoms with Crippen molar-refractivity contribution >= 4 is 18.3 Å². The van der Waals surface area contributed by atoms with Gasteiger partial charge >= 0.3 is 0 Å². The number of aromatic nitrogens is 2. The monoisotopic (exact) mass is 380 g/mol. The zero-order chi connectivity index (χ0) is 17.6. The number of carbonyl (C=O) groups is 1. The van der Waals surface area contributed by atoms with E-state index in [9.17, 15) is 4.79 Å². The summed E-state index contributed by atoms with van der Waals surface area (Å²) in [6.45, 7) is 6.22. The highest BCUT2D eigenvalue weighted by Crippen LogP contribution is 2.15. The Morgan fingerprint density at radius 1 is 1.38 bits per heavy atom. The highest BCUT2D eigenvalue weighted by atomic mass is 35.5. The van der Waals surface area contributed by atoms with Crippen LogP contribution in [0.3, 0.4) is 0 Å².